The molecule has 2 heterocycles. The maximum atomic E-state index is 11.4. The van der Waals surface area contributed by atoms with Crippen LogP contribution in [0.2, 0.25) is 0 Å². The minimum absolute atomic E-state index is 0.310. The van der Waals surface area contributed by atoms with Gasteiger partial charge in [0, 0.05) is 19.6 Å². The molecule has 2 rings (SSSR count). The fourth-order valence-electron chi connectivity index (χ4n) is 2.22. The van der Waals surface area contributed by atoms with Crippen molar-refractivity contribution in [3.63, 3.8) is 0 Å². The predicted molar refractivity (Wildman–Crippen MR) is 42.2 cm³/mol. The zero-order valence-corrected chi connectivity index (χ0v) is 7.08. The maximum absolute atomic E-state index is 11.4. The van der Waals surface area contributed by atoms with E-state index < -0.39 is 0 Å². The summed E-state index contributed by atoms with van der Waals surface area (Å²) in [6.45, 7) is 2.02. The zero-order chi connectivity index (χ0) is 8.01. The molecule has 2 saturated heterocycles. The van der Waals surface area contributed by atoms with Crippen molar-refractivity contribution in [2.75, 3.05) is 27.2 Å². The van der Waals surface area contributed by atoms with Crippen molar-refractivity contribution in [1.29, 1.82) is 0 Å². The van der Waals surface area contributed by atoms with Gasteiger partial charge in [-0.2, -0.15) is 0 Å². The smallest absolute Gasteiger partial charge is 0.227 e. The minimum atomic E-state index is 0.310. The molecule has 0 aromatic carbocycles. The van der Waals surface area contributed by atoms with Crippen molar-refractivity contribution in [1.82, 2.24) is 9.80 Å². The van der Waals surface area contributed by atoms with E-state index in [1.54, 1.807) is 0 Å². The molecule has 3 nitrogen and oxygen atoms in total. The molecule has 2 atom stereocenters. The van der Waals surface area contributed by atoms with E-state index in [1.807, 2.05) is 11.9 Å². The van der Waals surface area contributed by atoms with E-state index in [9.17, 15) is 4.79 Å². The molecule has 0 N–H and O–H groups in total. The van der Waals surface area contributed by atoms with Gasteiger partial charge in [-0.25, -0.2) is 0 Å². The van der Waals surface area contributed by atoms with Crippen molar-refractivity contribution in [2.24, 2.45) is 5.92 Å². The summed E-state index contributed by atoms with van der Waals surface area (Å²) in [5.74, 6) is 0.657. The minimum Gasteiger partial charge on any atom is -0.344 e. The summed E-state index contributed by atoms with van der Waals surface area (Å²) in [6, 6.07) is 0.507. The van der Waals surface area contributed by atoms with Gasteiger partial charge in [-0.05, 0) is 20.0 Å². The van der Waals surface area contributed by atoms with Gasteiger partial charge in [-0.15, -0.1) is 0 Å². The molecule has 0 radical (unpaired) electrons. The Bertz CT molecular complexity index is 193. The van der Waals surface area contributed by atoms with Crippen LogP contribution in [0, 0.1) is 5.92 Å². The fourth-order valence-corrected chi connectivity index (χ4v) is 2.22. The Morgan fingerprint density at radius 1 is 1.45 bits per heavy atom. The molecule has 0 saturated carbocycles. The third-order valence-electron chi connectivity index (χ3n) is 2.98. The van der Waals surface area contributed by atoms with Crippen LogP contribution < -0.4 is 0 Å². The summed E-state index contributed by atoms with van der Waals surface area (Å²) in [7, 11) is 4.01. The average molecular weight is 154 g/mol. The van der Waals surface area contributed by atoms with Crippen LogP contribution in [0.4, 0.5) is 0 Å². The second kappa shape index (κ2) is 2.21. The van der Waals surface area contributed by atoms with Crippen molar-refractivity contribution in [3.05, 3.63) is 0 Å². The quantitative estimate of drug-likeness (QED) is 0.481. The highest BCUT2D eigenvalue weighted by molar-refractivity contribution is 5.82. The highest BCUT2D eigenvalue weighted by Crippen LogP contribution is 2.30. The number of likely N-dealkylation sites (N-methyl/N-ethyl adjacent to an activating group) is 2. The number of rotatable bonds is 0. The van der Waals surface area contributed by atoms with Crippen LogP contribution in [-0.4, -0.2) is 48.9 Å². The summed E-state index contributed by atoms with van der Waals surface area (Å²) in [5, 5.41) is 0. The molecule has 2 unspecified atom stereocenters. The summed E-state index contributed by atoms with van der Waals surface area (Å²) in [4.78, 5) is 15.6. The maximum Gasteiger partial charge on any atom is 0.227 e. The monoisotopic (exact) mass is 154 g/mol. The van der Waals surface area contributed by atoms with Gasteiger partial charge >= 0.3 is 0 Å². The highest BCUT2D eigenvalue weighted by atomic mass is 16.2. The van der Waals surface area contributed by atoms with Gasteiger partial charge in [-0.3, -0.25) is 4.79 Å². The standard InChI is InChI=1S/C8H14N2O/c1-9-4-3-6-7(9)5-10(2)8(6)11/h6-7H,3-5H2,1-2H3. The topological polar surface area (TPSA) is 23.6 Å². The molecular weight excluding hydrogens is 140 g/mol. The lowest BCUT2D eigenvalue weighted by atomic mass is 10.0. The van der Waals surface area contributed by atoms with Crippen LogP contribution in [0.5, 0.6) is 0 Å². The third-order valence-corrected chi connectivity index (χ3v) is 2.98. The highest BCUT2D eigenvalue weighted by Gasteiger charge is 2.44. The zero-order valence-electron chi connectivity index (χ0n) is 7.08. The molecule has 0 aromatic heterocycles. The van der Waals surface area contributed by atoms with Gasteiger partial charge in [0.2, 0.25) is 5.91 Å². The Morgan fingerprint density at radius 3 is 2.82 bits per heavy atom. The first-order valence-electron chi connectivity index (χ1n) is 4.15. The number of fused-ring (bicyclic) bond motifs is 1. The molecule has 3 heteroatoms. The molecule has 1 amide bonds. The second-order valence-electron chi connectivity index (χ2n) is 3.66. The van der Waals surface area contributed by atoms with E-state index in [1.165, 1.54) is 0 Å². The van der Waals surface area contributed by atoms with E-state index in [-0.39, 0.29) is 0 Å². The van der Waals surface area contributed by atoms with E-state index in [0.717, 1.165) is 19.5 Å². The molecule has 0 spiro atoms. The first-order valence-corrected chi connectivity index (χ1v) is 4.15. The number of carbonyl (C=O) groups is 1. The van der Waals surface area contributed by atoms with E-state index in [4.69, 9.17) is 0 Å². The largest absolute Gasteiger partial charge is 0.344 e. The normalized spacial score (nSPS) is 38.4. The third kappa shape index (κ3) is 0.872. The number of hydrogen-bond acceptors (Lipinski definition) is 2. The summed E-state index contributed by atoms with van der Waals surface area (Å²) >= 11 is 0. The lowest BCUT2D eigenvalue weighted by molar-refractivity contribution is -0.129. The molecule has 0 aliphatic carbocycles. The van der Waals surface area contributed by atoms with Crippen LogP contribution >= 0.6 is 0 Å². The molecule has 0 bridgehead atoms. The number of hydrogen-bond donors (Lipinski definition) is 0. The molecule has 2 aliphatic heterocycles. The van der Waals surface area contributed by atoms with Crippen LogP contribution in [0.3, 0.4) is 0 Å². The molecule has 62 valence electrons. The summed E-state index contributed by atoms with van der Waals surface area (Å²) in [6.07, 6.45) is 1.06. The van der Waals surface area contributed by atoms with Crippen molar-refractivity contribution in [3.8, 4) is 0 Å². The number of amides is 1. The Balaban J connectivity index is 2.18. The van der Waals surface area contributed by atoms with Crippen molar-refractivity contribution >= 4 is 5.91 Å². The number of carbonyl (C=O) groups excluding carboxylic acids is 1. The molecule has 11 heavy (non-hydrogen) atoms. The molecular formula is C8H14N2O. The first kappa shape index (κ1) is 7.10. The lowest BCUT2D eigenvalue weighted by Crippen LogP contribution is -2.30. The van der Waals surface area contributed by atoms with Gasteiger partial charge in [-0.1, -0.05) is 0 Å². The SMILES string of the molecule is CN1CC2C(CCN2C)C1=O. The van der Waals surface area contributed by atoms with Crippen molar-refractivity contribution in [2.45, 2.75) is 12.5 Å². The molecule has 2 fully saturated rings. The average Bonchev–Trinajstić information content (AvgIpc) is 2.43. The Hall–Kier alpha value is -0.570. The van der Waals surface area contributed by atoms with E-state index >= 15 is 0 Å². The number of nitrogens with zero attached hydrogens (tertiary/aromatic N) is 2. The predicted octanol–water partition coefficient (Wildman–Crippen LogP) is -0.221. The van der Waals surface area contributed by atoms with Gasteiger partial charge in [0.05, 0.1) is 5.92 Å². The summed E-state index contributed by atoms with van der Waals surface area (Å²) in [5.41, 5.74) is 0. The van der Waals surface area contributed by atoms with E-state index in [2.05, 4.69) is 11.9 Å². The Kier molecular flexibility index (Phi) is 1.42. The van der Waals surface area contributed by atoms with Crippen LogP contribution in [0.25, 0.3) is 0 Å². The van der Waals surface area contributed by atoms with Crippen LogP contribution in [0.1, 0.15) is 6.42 Å². The number of likely N-dealkylation sites (tertiary alicyclic amines) is 2. The van der Waals surface area contributed by atoms with Crippen LogP contribution in [-0.2, 0) is 4.79 Å². The Labute approximate surface area is 67.0 Å². The lowest BCUT2D eigenvalue weighted by Gasteiger charge is -2.17. The van der Waals surface area contributed by atoms with Crippen molar-refractivity contribution < 1.29 is 4.79 Å². The Morgan fingerprint density at radius 2 is 2.18 bits per heavy atom. The molecule has 2 aliphatic rings. The van der Waals surface area contributed by atoms with Gasteiger partial charge < -0.3 is 9.80 Å². The van der Waals surface area contributed by atoms with Gasteiger partial charge in [0.15, 0.2) is 0 Å². The summed E-state index contributed by atoms with van der Waals surface area (Å²) < 4.78 is 0. The van der Waals surface area contributed by atoms with Crippen LogP contribution in [0.15, 0.2) is 0 Å². The fraction of sp³-hybridized carbons (Fsp3) is 0.875. The molecule has 0 aromatic rings. The second-order valence-corrected chi connectivity index (χ2v) is 3.66. The van der Waals surface area contributed by atoms with Gasteiger partial charge in [0.1, 0.15) is 0 Å². The van der Waals surface area contributed by atoms with E-state index in [0.29, 0.717) is 17.9 Å². The van der Waals surface area contributed by atoms with Gasteiger partial charge in [0.25, 0.3) is 0 Å². The first-order chi connectivity index (χ1) is 5.20.